The van der Waals surface area contributed by atoms with Crippen molar-refractivity contribution in [3.05, 3.63) is 415 Å². The van der Waals surface area contributed by atoms with Crippen LogP contribution in [0, 0.1) is 83.1 Å². The fourth-order valence-corrected chi connectivity index (χ4v) is 21.1. The normalized spacial score (nSPS) is 12.4. The Morgan fingerprint density at radius 2 is 0.488 bits per heavy atom. The molecule has 0 radical (unpaired) electrons. The van der Waals surface area contributed by atoms with Crippen LogP contribution in [0.3, 0.4) is 0 Å². The van der Waals surface area contributed by atoms with E-state index in [-0.39, 0.29) is 16.2 Å². The van der Waals surface area contributed by atoms with Gasteiger partial charge in [0.2, 0.25) is 0 Å². The van der Waals surface area contributed by atoms with Crippen molar-refractivity contribution in [2.24, 2.45) is 0 Å². The predicted molar refractivity (Wildman–Crippen MR) is 565 cm³/mol. The van der Waals surface area contributed by atoms with E-state index >= 15 is 0 Å². The summed E-state index contributed by atoms with van der Waals surface area (Å²) in [6.45, 7) is 44.9. The maximum atomic E-state index is 2.45. The smallest absolute Gasteiger partial charge is 0.0713 e. The molecule has 2 heteroatoms. The Hall–Kier alpha value is -12.6. The molecule has 0 atom stereocenters. The van der Waals surface area contributed by atoms with Crippen LogP contribution in [0.5, 0.6) is 0 Å². The summed E-state index contributed by atoms with van der Waals surface area (Å²) in [4.78, 5) is 4.84. The zero-order valence-corrected chi connectivity index (χ0v) is 80.3. The lowest BCUT2D eigenvalue weighted by Gasteiger charge is -2.34. The first kappa shape index (κ1) is 88.4. The Morgan fingerprint density at radius 3 is 0.760 bits per heavy atom. The lowest BCUT2D eigenvalue weighted by molar-refractivity contribution is 0.589. The third-order valence-electron chi connectivity index (χ3n) is 28.2. The summed E-state index contributed by atoms with van der Waals surface area (Å²) in [6, 6.07) is 115. The highest BCUT2D eigenvalue weighted by molar-refractivity contribution is 6.35. The molecule has 129 heavy (non-hydrogen) atoms. The van der Waals surface area contributed by atoms with Crippen LogP contribution in [0.15, 0.2) is 303 Å². The molecule has 0 saturated carbocycles. The van der Waals surface area contributed by atoms with E-state index in [0.29, 0.717) is 0 Å². The molecule has 0 aromatic heterocycles. The summed E-state index contributed by atoms with van der Waals surface area (Å²) in [5.41, 5.74) is 36.6. The molecule has 648 valence electrons. The minimum Gasteiger partial charge on any atom is -0.310 e. The summed E-state index contributed by atoms with van der Waals surface area (Å²) in [6.07, 6.45) is 12.8. The molecule has 0 bridgehead atoms. The van der Waals surface area contributed by atoms with Crippen molar-refractivity contribution in [3.8, 4) is 11.1 Å². The van der Waals surface area contributed by atoms with E-state index < -0.39 is 0 Å². The van der Waals surface area contributed by atoms with Crippen LogP contribution in [0.2, 0.25) is 0 Å². The zero-order valence-electron chi connectivity index (χ0n) is 80.3. The molecule has 0 spiro atoms. The summed E-state index contributed by atoms with van der Waals surface area (Å²) < 4.78 is 0. The van der Waals surface area contributed by atoms with Gasteiger partial charge in [0.15, 0.2) is 0 Å². The van der Waals surface area contributed by atoms with Crippen LogP contribution in [-0.4, -0.2) is 0 Å². The van der Waals surface area contributed by atoms with Gasteiger partial charge in [-0.05, 0) is 354 Å². The van der Waals surface area contributed by atoms with Crippen LogP contribution in [0.25, 0.3) is 97.3 Å². The molecule has 2 nitrogen and oxygen atoms in total. The fourth-order valence-electron chi connectivity index (χ4n) is 21.1. The van der Waals surface area contributed by atoms with Crippen LogP contribution >= 0.6 is 0 Å². The molecule has 0 unspecified atom stereocenters. The zero-order chi connectivity index (χ0) is 90.5. The Balaban J connectivity index is 0.000000126. The molecule has 0 amide bonds. The van der Waals surface area contributed by atoms with Gasteiger partial charge >= 0.3 is 0 Å². The van der Waals surface area contributed by atoms with Gasteiger partial charge in [-0.25, -0.2) is 0 Å². The van der Waals surface area contributed by atoms with Gasteiger partial charge < -0.3 is 9.80 Å². The van der Waals surface area contributed by atoms with E-state index in [0.717, 1.165) is 22.7 Å². The number of unbranched alkanes of at least 4 members (excludes halogenated alkanes) is 6. The van der Waals surface area contributed by atoms with Crippen molar-refractivity contribution in [1.82, 2.24) is 0 Å². The standard InChI is InChI=1S/C44H52N2.C39H46.2C22H16/c1-29-13-17-37(18-14-29)45(41-31(3)25-35(26-32(41)4)43(7,8)9)39-21-23-40(24-22-39)46(38-19-15-30(2)16-20-38)42-33(5)27-36(28-34(42)6)44(10,11)12;1-5-7-9-11-13-31-17-21-33(22-18-31)39(34-23-19-32(20-24-34)14-12-10-8-6-2)37-27-29(3)15-25-35(37)36-26-16-30(4)28-38(36)39;1-13-9-11-19-18-8-4-6-16-14(2)10-12-20(22(16)18)17-7-3-5-15(13)21(17)19;1-13-9-11-19-20-12-10-14(2)16-6-4-8-18(22(16)20)17-7-3-5-15(13)21(17)19/h13-28H,1-12H3;15-28H,5-14H2,1-4H3;2*3-12H,1-2H3. The number of aryl methyl sites for hydroxylation is 14. The number of hydrogen-bond donors (Lipinski definition) is 0. The quantitative estimate of drug-likeness (QED) is 0.0480. The van der Waals surface area contributed by atoms with E-state index in [2.05, 4.69) is 452 Å². The Labute approximate surface area is 769 Å². The van der Waals surface area contributed by atoms with Crippen LogP contribution in [0.1, 0.15) is 218 Å². The van der Waals surface area contributed by atoms with E-state index in [1.54, 1.807) is 0 Å². The number of benzene rings is 19. The minimum absolute atomic E-state index is 0.0885. The SMILES string of the molecule is CCCCCCc1ccc(C2(c3ccc(CCCCCC)cc3)c3cc(C)ccc3-c3ccc(C)cc32)cc1.Cc1ccc(N(c2ccc(N(c3ccc(C)cc3)c3c(C)cc(C(C)(C)C)cc3C)cc2)c2c(C)cc(C(C)(C)C)cc2C)cc1.Cc1ccc2c3ccc(C)c4cccc(c5cccc1c52)c43.Cc1ccc2c3cccc4c(C)ccc(c5cccc1c52)c43. The fraction of sp³-hybridized carbons (Fsp3) is 0.260. The average molecular weight is 1680 g/mol. The molecule has 1 aliphatic rings. The molecule has 0 N–H and O–H groups in total. The second kappa shape index (κ2) is 36.5. The van der Waals surface area contributed by atoms with Crippen molar-refractivity contribution >= 4 is 120 Å². The third kappa shape index (κ3) is 17.0. The Morgan fingerprint density at radius 1 is 0.233 bits per heavy atom. The van der Waals surface area contributed by atoms with E-state index in [9.17, 15) is 0 Å². The molecule has 0 fully saturated rings. The highest BCUT2D eigenvalue weighted by Crippen LogP contribution is 2.57. The summed E-state index contributed by atoms with van der Waals surface area (Å²) in [7, 11) is 0. The number of anilines is 6. The molecule has 19 aromatic carbocycles. The van der Waals surface area contributed by atoms with Crippen molar-refractivity contribution in [2.75, 3.05) is 9.80 Å². The van der Waals surface area contributed by atoms with Gasteiger partial charge in [-0.3, -0.25) is 0 Å². The van der Waals surface area contributed by atoms with E-state index in [1.807, 2.05) is 0 Å². The van der Waals surface area contributed by atoms with Crippen molar-refractivity contribution < 1.29 is 0 Å². The second-order valence-corrected chi connectivity index (χ2v) is 39.8. The Kier molecular flexibility index (Phi) is 25.0. The molecule has 0 saturated heterocycles. The van der Waals surface area contributed by atoms with Crippen molar-refractivity contribution in [1.29, 1.82) is 0 Å². The number of rotatable bonds is 18. The maximum absolute atomic E-state index is 2.45. The first-order chi connectivity index (χ1) is 62.1. The lowest BCUT2D eigenvalue weighted by Crippen LogP contribution is -2.29. The molecule has 0 heterocycles. The molecule has 1 aliphatic carbocycles. The van der Waals surface area contributed by atoms with E-state index in [1.165, 1.54) is 284 Å². The van der Waals surface area contributed by atoms with Crippen LogP contribution in [0.4, 0.5) is 34.1 Å². The number of nitrogens with zero attached hydrogens (tertiary/aromatic N) is 2. The van der Waals surface area contributed by atoms with Gasteiger partial charge in [0.25, 0.3) is 0 Å². The van der Waals surface area contributed by atoms with Crippen LogP contribution < -0.4 is 9.80 Å². The van der Waals surface area contributed by atoms with Gasteiger partial charge in [-0.1, -0.05) is 371 Å². The lowest BCUT2D eigenvalue weighted by atomic mass is 9.67. The first-order valence-corrected chi connectivity index (χ1v) is 47.7. The van der Waals surface area contributed by atoms with Crippen molar-refractivity contribution in [3.63, 3.8) is 0 Å². The molecule has 20 rings (SSSR count). The molecular weight excluding hydrogens is 1550 g/mol. The predicted octanol–water partition coefficient (Wildman–Crippen LogP) is 36.7. The van der Waals surface area contributed by atoms with Crippen LogP contribution in [-0.2, 0) is 29.1 Å². The summed E-state index contributed by atoms with van der Waals surface area (Å²) >= 11 is 0. The molecule has 0 aliphatic heterocycles. The topological polar surface area (TPSA) is 6.48 Å². The monoisotopic (exact) mass is 1680 g/mol. The maximum Gasteiger partial charge on any atom is 0.0713 e. The average Bonchev–Trinajstić information content (AvgIpc) is 1.58. The highest BCUT2D eigenvalue weighted by atomic mass is 15.2. The van der Waals surface area contributed by atoms with Gasteiger partial charge in [0.1, 0.15) is 0 Å². The minimum atomic E-state index is -0.301. The summed E-state index contributed by atoms with van der Waals surface area (Å²) in [5.74, 6) is 0. The molecular formula is C127H130N2. The Bertz CT molecular complexity index is 6590. The largest absolute Gasteiger partial charge is 0.310 e. The second-order valence-electron chi connectivity index (χ2n) is 39.8. The number of fused-ring (bicyclic) bond motifs is 7. The molecule has 19 aromatic rings. The van der Waals surface area contributed by atoms with Crippen molar-refractivity contribution in [2.45, 2.75) is 219 Å². The summed E-state index contributed by atoms with van der Waals surface area (Å²) in [5, 5.41) is 22.1. The number of hydrogen-bond acceptors (Lipinski definition) is 2. The van der Waals surface area contributed by atoms with E-state index in [4.69, 9.17) is 0 Å². The third-order valence-corrected chi connectivity index (χ3v) is 28.2. The van der Waals surface area contributed by atoms with Gasteiger partial charge in [-0.15, -0.1) is 0 Å². The highest BCUT2D eigenvalue weighted by Gasteiger charge is 2.46. The van der Waals surface area contributed by atoms with Gasteiger partial charge in [0, 0.05) is 22.7 Å². The van der Waals surface area contributed by atoms with Gasteiger partial charge in [0.05, 0.1) is 16.8 Å². The van der Waals surface area contributed by atoms with Gasteiger partial charge in [-0.2, -0.15) is 0 Å². The first-order valence-electron chi connectivity index (χ1n) is 47.7.